The van der Waals surface area contributed by atoms with Crippen molar-refractivity contribution in [2.45, 2.75) is 50.0 Å². The molecule has 1 aromatic rings. The number of likely N-dealkylation sites (N-methyl/N-ethyl adjacent to an activating group) is 1. The van der Waals surface area contributed by atoms with Crippen LogP contribution in [-0.4, -0.2) is 40.1 Å². The minimum absolute atomic E-state index is 0.00172. The molecule has 6 nitrogen and oxygen atoms in total. The van der Waals surface area contributed by atoms with Gasteiger partial charge < -0.3 is 9.64 Å². The van der Waals surface area contributed by atoms with Gasteiger partial charge in [-0.05, 0) is 57.4 Å². The highest BCUT2D eigenvalue weighted by atomic mass is 32.2. The van der Waals surface area contributed by atoms with Crippen molar-refractivity contribution >= 4 is 21.6 Å². The van der Waals surface area contributed by atoms with Crippen molar-refractivity contribution in [3.8, 4) is 0 Å². The summed E-state index contributed by atoms with van der Waals surface area (Å²) in [6, 6.07) is 4.92. The highest BCUT2D eigenvalue weighted by Gasteiger charge is 2.43. The third-order valence-corrected chi connectivity index (χ3v) is 6.28. The van der Waals surface area contributed by atoms with E-state index in [2.05, 4.69) is 4.72 Å². The number of rotatable bonds is 5. The molecule has 3 rings (SSSR count). The zero-order valence-electron chi connectivity index (χ0n) is 14.3. The average molecular weight is 352 g/mol. The van der Waals surface area contributed by atoms with Crippen LogP contribution in [0.1, 0.15) is 39.2 Å². The van der Waals surface area contributed by atoms with Gasteiger partial charge in [0.2, 0.25) is 15.9 Å². The molecule has 1 fully saturated rings. The first kappa shape index (κ1) is 17.4. The topological polar surface area (TPSA) is 75.7 Å². The molecule has 1 atom stereocenters. The number of hydrogen-bond donors (Lipinski definition) is 1. The summed E-state index contributed by atoms with van der Waals surface area (Å²) in [6.07, 6.45) is 1.79. The lowest BCUT2D eigenvalue weighted by Gasteiger charge is -2.18. The maximum atomic E-state index is 12.6. The zero-order chi connectivity index (χ0) is 17.5. The molecule has 1 aromatic carbocycles. The third kappa shape index (κ3) is 2.85. The molecule has 7 heteroatoms. The van der Waals surface area contributed by atoms with Crippen LogP contribution in [-0.2, 0) is 25.0 Å². The van der Waals surface area contributed by atoms with Crippen LogP contribution >= 0.6 is 0 Å². The van der Waals surface area contributed by atoms with Crippen LogP contribution in [0.5, 0.6) is 0 Å². The molecule has 0 unspecified atom stereocenters. The minimum atomic E-state index is -3.62. The number of fused-ring (bicyclic) bond motifs is 1. The normalized spacial score (nSPS) is 22.9. The number of nitrogens with one attached hydrogen (secondary N) is 1. The Balaban J connectivity index is 1.88. The first-order valence-corrected chi connectivity index (χ1v) is 9.83. The second-order valence-corrected chi connectivity index (χ2v) is 8.61. The van der Waals surface area contributed by atoms with Gasteiger partial charge in [-0.2, -0.15) is 0 Å². The Morgan fingerprint density at radius 1 is 1.38 bits per heavy atom. The highest BCUT2D eigenvalue weighted by molar-refractivity contribution is 7.89. The number of sulfonamides is 1. The summed E-state index contributed by atoms with van der Waals surface area (Å²) in [5, 5.41) is 0. The average Bonchev–Trinajstić information content (AvgIpc) is 3.12. The van der Waals surface area contributed by atoms with Gasteiger partial charge in [0.05, 0.1) is 16.4 Å². The van der Waals surface area contributed by atoms with E-state index in [0.29, 0.717) is 13.2 Å². The quantitative estimate of drug-likeness (QED) is 0.877. The fourth-order valence-corrected chi connectivity index (χ4v) is 4.48. The number of nitrogens with zero attached hydrogens (tertiary/aromatic N) is 1. The van der Waals surface area contributed by atoms with E-state index in [4.69, 9.17) is 4.74 Å². The van der Waals surface area contributed by atoms with Crippen LogP contribution in [0.15, 0.2) is 23.1 Å². The van der Waals surface area contributed by atoms with Crippen molar-refractivity contribution in [2.75, 3.05) is 24.6 Å². The molecule has 1 amide bonds. The molecular weight excluding hydrogens is 328 g/mol. The summed E-state index contributed by atoms with van der Waals surface area (Å²) in [7, 11) is -3.62. The van der Waals surface area contributed by atoms with E-state index in [1.165, 1.54) is 0 Å². The van der Waals surface area contributed by atoms with E-state index in [0.717, 1.165) is 24.1 Å². The molecule has 0 aromatic heterocycles. The molecule has 1 N–H and O–H groups in total. The Morgan fingerprint density at radius 2 is 2.12 bits per heavy atom. The second-order valence-electron chi connectivity index (χ2n) is 6.84. The Kier molecular flexibility index (Phi) is 4.44. The van der Waals surface area contributed by atoms with Gasteiger partial charge in [-0.15, -0.1) is 0 Å². The minimum Gasteiger partial charge on any atom is -0.377 e. The number of benzene rings is 1. The molecule has 0 spiro atoms. The van der Waals surface area contributed by atoms with Crippen molar-refractivity contribution in [2.24, 2.45) is 0 Å². The number of anilines is 1. The SMILES string of the molecule is CCN1C(=O)C(C)(C)c2cc(S(=O)(=O)NC[C@@H]3CCCO3)ccc21. The van der Waals surface area contributed by atoms with Gasteiger partial charge in [0.1, 0.15) is 0 Å². The number of carbonyl (C=O) groups is 1. The number of ether oxygens (including phenoxy) is 1. The molecule has 24 heavy (non-hydrogen) atoms. The van der Waals surface area contributed by atoms with Crippen LogP contribution in [0.2, 0.25) is 0 Å². The van der Waals surface area contributed by atoms with Crippen molar-refractivity contribution in [3.05, 3.63) is 23.8 Å². The van der Waals surface area contributed by atoms with Crippen LogP contribution in [0.25, 0.3) is 0 Å². The standard InChI is InChI=1S/C17H24N2O4S/c1-4-19-15-8-7-13(10-14(15)17(2,3)16(19)20)24(21,22)18-11-12-6-5-9-23-12/h7-8,10,12,18H,4-6,9,11H2,1-3H3/t12-/m0/s1. The molecule has 132 valence electrons. The number of amides is 1. The predicted octanol–water partition coefficient (Wildman–Crippen LogP) is 1.79. The van der Waals surface area contributed by atoms with Gasteiger partial charge in [-0.1, -0.05) is 0 Å². The van der Waals surface area contributed by atoms with E-state index in [1.807, 2.05) is 20.8 Å². The summed E-state index contributed by atoms with van der Waals surface area (Å²) in [4.78, 5) is 14.4. The molecule has 1 saturated heterocycles. The number of hydrogen-bond acceptors (Lipinski definition) is 4. The van der Waals surface area contributed by atoms with Crippen LogP contribution in [0.4, 0.5) is 5.69 Å². The largest absolute Gasteiger partial charge is 0.377 e. The Bertz CT molecular complexity index is 752. The van der Waals surface area contributed by atoms with Crippen LogP contribution < -0.4 is 9.62 Å². The van der Waals surface area contributed by atoms with E-state index >= 15 is 0 Å². The lowest BCUT2D eigenvalue weighted by Crippen LogP contribution is -2.35. The predicted molar refractivity (Wildman–Crippen MR) is 91.7 cm³/mol. The number of carbonyl (C=O) groups excluding carboxylic acids is 1. The fourth-order valence-electron chi connectivity index (χ4n) is 3.39. The van der Waals surface area contributed by atoms with E-state index in [1.54, 1.807) is 23.1 Å². The van der Waals surface area contributed by atoms with Crippen LogP contribution in [0, 0.1) is 0 Å². The molecule has 0 saturated carbocycles. The van der Waals surface area contributed by atoms with E-state index < -0.39 is 15.4 Å². The van der Waals surface area contributed by atoms with Crippen molar-refractivity contribution in [1.82, 2.24) is 4.72 Å². The lowest BCUT2D eigenvalue weighted by atomic mass is 9.86. The van der Waals surface area contributed by atoms with Gasteiger partial charge in [0, 0.05) is 25.4 Å². The zero-order valence-corrected chi connectivity index (χ0v) is 15.1. The Hall–Kier alpha value is -1.44. The monoisotopic (exact) mass is 352 g/mol. The van der Waals surface area contributed by atoms with Gasteiger partial charge in [0.25, 0.3) is 0 Å². The summed E-state index contributed by atoms with van der Waals surface area (Å²) in [5.41, 5.74) is 0.839. The van der Waals surface area contributed by atoms with Crippen molar-refractivity contribution in [1.29, 1.82) is 0 Å². The summed E-state index contributed by atoms with van der Waals surface area (Å²) >= 11 is 0. The summed E-state index contributed by atoms with van der Waals surface area (Å²) < 4.78 is 33.2. The second kappa shape index (κ2) is 6.13. The first-order valence-electron chi connectivity index (χ1n) is 8.35. The maximum absolute atomic E-state index is 12.6. The van der Waals surface area contributed by atoms with Crippen LogP contribution in [0.3, 0.4) is 0 Å². The molecular formula is C17H24N2O4S. The molecule has 0 aliphatic carbocycles. The third-order valence-electron chi connectivity index (χ3n) is 4.86. The molecule has 2 aliphatic rings. The smallest absolute Gasteiger partial charge is 0.240 e. The maximum Gasteiger partial charge on any atom is 0.240 e. The molecule has 0 bridgehead atoms. The fraction of sp³-hybridized carbons (Fsp3) is 0.588. The Morgan fingerprint density at radius 3 is 2.75 bits per heavy atom. The van der Waals surface area contributed by atoms with Crippen molar-refractivity contribution in [3.63, 3.8) is 0 Å². The molecule has 0 radical (unpaired) electrons. The molecule has 2 heterocycles. The van der Waals surface area contributed by atoms with E-state index in [-0.39, 0.29) is 23.5 Å². The van der Waals surface area contributed by atoms with Gasteiger partial charge in [0.15, 0.2) is 0 Å². The lowest BCUT2D eigenvalue weighted by molar-refractivity contribution is -0.122. The van der Waals surface area contributed by atoms with E-state index in [9.17, 15) is 13.2 Å². The first-order chi connectivity index (χ1) is 11.3. The summed E-state index contributed by atoms with van der Waals surface area (Å²) in [6.45, 7) is 7.12. The van der Waals surface area contributed by atoms with Gasteiger partial charge >= 0.3 is 0 Å². The van der Waals surface area contributed by atoms with Gasteiger partial charge in [-0.25, -0.2) is 13.1 Å². The molecule has 2 aliphatic heterocycles. The van der Waals surface area contributed by atoms with Gasteiger partial charge in [-0.3, -0.25) is 4.79 Å². The highest BCUT2D eigenvalue weighted by Crippen LogP contribution is 2.42. The van der Waals surface area contributed by atoms with Crippen molar-refractivity contribution < 1.29 is 17.9 Å². The Labute approximate surface area is 143 Å². The summed E-state index contributed by atoms with van der Waals surface area (Å²) in [5.74, 6) is 0.00172.